The normalized spacial score (nSPS) is 21.6. The van der Waals surface area contributed by atoms with Crippen LogP contribution in [0.1, 0.15) is 33.6 Å². The van der Waals surface area contributed by atoms with Crippen LogP contribution < -0.4 is 14.8 Å². The van der Waals surface area contributed by atoms with Crippen LogP contribution in [-0.2, 0) is 4.79 Å². The maximum atomic E-state index is 12.6. The zero-order valence-corrected chi connectivity index (χ0v) is 16.0. The minimum Gasteiger partial charge on any atom is -0.474 e. The number of rotatable bonds is 6. The number of carbonyl (C=O) groups is 1. The first kappa shape index (κ1) is 21.3. The molecule has 2 atom stereocenters. The molecule has 1 aromatic rings. The third kappa shape index (κ3) is 6.27. The summed E-state index contributed by atoms with van der Waals surface area (Å²) in [6, 6.07) is 2.87. The molecular weight excluding hydrogens is 363 g/mol. The number of ether oxygens (including phenoxy) is 2. The molecule has 0 aromatic carbocycles. The molecule has 0 saturated carbocycles. The fourth-order valence-corrected chi connectivity index (χ4v) is 2.80. The molecule has 0 unspecified atom stereocenters. The van der Waals surface area contributed by atoms with Crippen LogP contribution in [0.4, 0.5) is 13.2 Å². The predicted molar refractivity (Wildman–Crippen MR) is 93.5 cm³/mol. The lowest BCUT2D eigenvalue weighted by molar-refractivity contribution is -0.275. The molecule has 0 spiro atoms. The van der Waals surface area contributed by atoms with Crippen LogP contribution in [0.5, 0.6) is 11.6 Å². The van der Waals surface area contributed by atoms with E-state index in [9.17, 15) is 18.0 Å². The Bertz CT molecular complexity index is 652. The average molecular weight is 389 g/mol. The molecule has 2 heterocycles. The summed E-state index contributed by atoms with van der Waals surface area (Å²) >= 11 is 0. The van der Waals surface area contributed by atoms with Gasteiger partial charge in [0.15, 0.2) is 5.75 Å². The number of pyridine rings is 1. The zero-order chi connectivity index (χ0) is 20.2. The van der Waals surface area contributed by atoms with Crippen LogP contribution >= 0.6 is 0 Å². The molecule has 6 nitrogen and oxygen atoms in total. The molecular formula is C18H26F3N3O3. The molecule has 1 amide bonds. The van der Waals surface area contributed by atoms with E-state index in [-0.39, 0.29) is 24.4 Å². The Labute approximate surface area is 157 Å². The van der Waals surface area contributed by atoms with Crippen molar-refractivity contribution in [1.82, 2.24) is 15.2 Å². The van der Waals surface area contributed by atoms with E-state index in [4.69, 9.17) is 4.74 Å². The molecule has 9 heteroatoms. The van der Waals surface area contributed by atoms with Gasteiger partial charge in [0.1, 0.15) is 6.61 Å². The van der Waals surface area contributed by atoms with Gasteiger partial charge < -0.3 is 19.7 Å². The van der Waals surface area contributed by atoms with Gasteiger partial charge in [-0.05, 0) is 52.8 Å². The SMILES string of the molecule is C[C@H]1C[C@@H](NC(=O)C(C)(C)COc2ncccc2OC(F)(F)F)CCN1C. The maximum absolute atomic E-state index is 12.6. The summed E-state index contributed by atoms with van der Waals surface area (Å²) in [4.78, 5) is 18.6. The van der Waals surface area contributed by atoms with Gasteiger partial charge in [0.2, 0.25) is 5.91 Å². The molecule has 0 radical (unpaired) electrons. The summed E-state index contributed by atoms with van der Waals surface area (Å²) in [5.74, 6) is -1.05. The van der Waals surface area contributed by atoms with Crippen LogP contribution in [0.25, 0.3) is 0 Å². The van der Waals surface area contributed by atoms with Gasteiger partial charge in [-0.1, -0.05) is 0 Å². The topological polar surface area (TPSA) is 63.7 Å². The second-order valence-corrected chi connectivity index (χ2v) is 7.55. The quantitative estimate of drug-likeness (QED) is 0.811. The van der Waals surface area contributed by atoms with E-state index < -0.39 is 17.5 Å². The smallest absolute Gasteiger partial charge is 0.474 e. The van der Waals surface area contributed by atoms with Gasteiger partial charge in [-0.2, -0.15) is 0 Å². The fourth-order valence-electron chi connectivity index (χ4n) is 2.80. The fraction of sp³-hybridized carbons (Fsp3) is 0.667. The number of hydrogen-bond acceptors (Lipinski definition) is 5. The Morgan fingerprint density at radius 3 is 2.74 bits per heavy atom. The predicted octanol–water partition coefficient (Wildman–Crippen LogP) is 2.98. The van der Waals surface area contributed by atoms with Gasteiger partial charge in [0.05, 0.1) is 5.41 Å². The second-order valence-electron chi connectivity index (χ2n) is 7.55. The van der Waals surface area contributed by atoms with E-state index in [2.05, 4.69) is 26.9 Å². The second kappa shape index (κ2) is 8.33. The molecule has 1 aliphatic heterocycles. The summed E-state index contributed by atoms with van der Waals surface area (Å²) < 4.78 is 46.7. The van der Waals surface area contributed by atoms with Crippen molar-refractivity contribution in [1.29, 1.82) is 0 Å². The maximum Gasteiger partial charge on any atom is 0.573 e. The Morgan fingerprint density at radius 2 is 2.11 bits per heavy atom. The van der Waals surface area contributed by atoms with Crippen molar-refractivity contribution < 1.29 is 27.4 Å². The van der Waals surface area contributed by atoms with Crippen molar-refractivity contribution in [2.24, 2.45) is 5.41 Å². The highest BCUT2D eigenvalue weighted by Gasteiger charge is 2.35. The molecule has 1 aromatic heterocycles. The van der Waals surface area contributed by atoms with Crippen LogP contribution in [0.15, 0.2) is 18.3 Å². The number of piperidine rings is 1. The summed E-state index contributed by atoms with van der Waals surface area (Å²) in [7, 11) is 2.05. The van der Waals surface area contributed by atoms with Crippen molar-refractivity contribution in [3.63, 3.8) is 0 Å². The summed E-state index contributed by atoms with van der Waals surface area (Å²) in [6.07, 6.45) is -1.85. The number of hydrogen-bond donors (Lipinski definition) is 1. The number of likely N-dealkylation sites (tertiary alicyclic amines) is 1. The van der Waals surface area contributed by atoms with Gasteiger partial charge in [-0.3, -0.25) is 4.79 Å². The number of halogens is 3. The first-order valence-corrected chi connectivity index (χ1v) is 8.83. The number of nitrogens with zero attached hydrogens (tertiary/aromatic N) is 2. The Kier molecular flexibility index (Phi) is 6.56. The number of amides is 1. The van der Waals surface area contributed by atoms with Gasteiger partial charge in [-0.15, -0.1) is 13.2 Å². The third-order valence-electron chi connectivity index (χ3n) is 4.69. The van der Waals surface area contributed by atoms with E-state index in [1.807, 2.05) is 7.05 Å². The lowest BCUT2D eigenvalue weighted by atomic mass is 9.91. The summed E-state index contributed by atoms with van der Waals surface area (Å²) in [5.41, 5.74) is -0.945. The Hall–Kier alpha value is -2.03. The standard InChI is InChI=1S/C18H26F3N3O3/c1-12-10-13(7-9-24(12)4)23-16(25)17(2,3)11-26-15-14(6-5-8-22-15)27-18(19,20)21/h5-6,8,12-13H,7,9-11H2,1-4H3,(H,23,25)/t12-,13-/m0/s1. The zero-order valence-electron chi connectivity index (χ0n) is 16.0. The number of nitrogens with one attached hydrogen (secondary N) is 1. The van der Waals surface area contributed by atoms with E-state index in [0.717, 1.165) is 25.5 Å². The van der Waals surface area contributed by atoms with Crippen molar-refractivity contribution in [2.45, 2.75) is 52.1 Å². The van der Waals surface area contributed by atoms with Gasteiger partial charge in [0.25, 0.3) is 5.88 Å². The largest absolute Gasteiger partial charge is 0.573 e. The minimum absolute atomic E-state index is 0.0712. The molecule has 1 fully saturated rings. The molecule has 1 aliphatic rings. The third-order valence-corrected chi connectivity index (χ3v) is 4.69. The van der Waals surface area contributed by atoms with E-state index in [1.165, 1.54) is 12.3 Å². The number of alkyl halides is 3. The number of carbonyl (C=O) groups excluding carboxylic acids is 1. The highest BCUT2D eigenvalue weighted by Crippen LogP contribution is 2.31. The molecule has 152 valence electrons. The highest BCUT2D eigenvalue weighted by molar-refractivity contribution is 5.82. The van der Waals surface area contributed by atoms with Crippen LogP contribution in [0.3, 0.4) is 0 Å². The number of aromatic nitrogens is 1. The van der Waals surface area contributed by atoms with Crippen molar-refractivity contribution >= 4 is 5.91 Å². The molecule has 27 heavy (non-hydrogen) atoms. The lowest BCUT2D eigenvalue weighted by Crippen LogP contribution is -2.51. The van der Waals surface area contributed by atoms with E-state index in [1.54, 1.807) is 13.8 Å². The monoisotopic (exact) mass is 389 g/mol. The molecule has 2 rings (SSSR count). The first-order chi connectivity index (χ1) is 12.5. The molecule has 1 N–H and O–H groups in total. The van der Waals surface area contributed by atoms with Crippen molar-refractivity contribution in [3.05, 3.63) is 18.3 Å². The highest BCUT2D eigenvalue weighted by atomic mass is 19.4. The molecule has 0 bridgehead atoms. The molecule has 0 aliphatic carbocycles. The van der Waals surface area contributed by atoms with Gasteiger partial charge in [0, 0.05) is 24.8 Å². The Balaban J connectivity index is 1.95. The summed E-state index contributed by atoms with van der Waals surface area (Å²) in [5, 5.41) is 3.02. The van der Waals surface area contributed by atoms with Crippen molar-refractivity contribution in [3.8, 4) is 11.6 Å². The Morgan fingerprint density at radius 1 is 1.41 bits per heavy atom. The summed E-state index contributed by atoms with van der Waals surface area (Å²) in [6.45, 7) is 6.22. The van der Waals surface area contributed by atoms with Crippen LogP contribution in [0.2, 0.25) is 0 Å². The van der Waals surface area contributed by atoms with E-state index in [0.29, 0.717) is 6.04 Å². The van der Waals surface area contributed by atoms with Crippen LogP contribution in [-0.4, -0.2) is 54.4 Å². The average Bonchev–Trinajstić information content (AvgIpc) is 2.56. The van der Waals surface area contributed by atoms with E-state index >= 15 is 0 Å². The van der Waals surface area contributed by atoms with Crippen LogP contribution in [0, 0.1) is 5.41 Å². The van der Waals surface area contributed by atoms with Crippen molar-refractivity contribution in [2.75, 3.05) is 20.2 Å². The molecule has 1 saturated heterocycles. The first-order valence-electron chi connectivity index (χ1n) is 8.83. The van der Waals surface area contributed by atoms with Gasteiger partial charge in [-0.25, -0.2) is 4.98 Å². The van der Waals surface area contributed by atoms with Gasteiger partial charge >= 0.3 is 6.36 Å². The minimum atomic E-state index is -4.85. The lowest BCUT2D eigenvalue weighted by Gasteiger charge is -2.36.